The number of pyridine rings is 1. The molecule has 1 unspecified atom stereocenters. The molecule has 6 nitrogen and oxygen atoms in total. The molecule has 1 N–H and O–H groups in total. The third-order valence-electron chi connectivity index (χ3n) is 4.58. The van der Waals surface area contributed by atoms with Crippen LogP contribution in [0.5, 0.6) is 5.75 Å². The predicted octanol–water partition coefficient (Wildman–Crippen LogP) is 1.80. The first-order valence-electron chi connectivity index (χ1n) is 8.74. The molecular formula is C20H23N3O3. The van der Waals surface area contributed by atoms with Crippen LogP contribution in [-0.4, -0.2) is 41.9 Å². The molecule has 1 aromatic heterocycles. The van der Waals surface area contributed by atoms with Crippen molar-refractivity contribution in [3.63, 3.8) is 0 Å². The van der Waals surface area contributed by atoms with Crippen LogP contribution in [0.2, 0.25) is 0 Å². The first-order chi connectivity index (χ1) is 12.7. The number of methoxy groups -OCH3 is 1. The summed E-state index contributed by atoms with van der Waals surface area (Å²) in [6.45, 7) is 1.48. The number of likely N-dealkylation sites (tertiary alicyclic amines) is 1. The molecule has 2 aromatic rings. The van der Waals surface area contributed by atoms with Gasteiger partial charge in [-0.3, -0.25) is 14.6 Å². The Kier molecular flexibility index (Phi) is 5.84. The fourth-order valence-corrected chi connectivity index (χ4v) is 3.04. The maximum atomic E-state index is 12.3. The average molecular weight is 353 g/mol. The number of hydrogen-bond acceptors (Lipinski definition) is 4. The smallest absolute Gasteiger partial charge is 0.225 e. The second-order valence-corrected chi connectivity index (χ2v) is 6.38. The molecular weight excluding hydrogens is 330 g/mol. The second kappa shape index (κ2) is 8.47. The molecule has 2 heterocycles. The topological polar surface area (TPSA) is 71.5 Å². The van der Waals surface area contributed by atoms with E-state index in [0.29, 0.717) is 19.6 Å². The number of hydrogen-bond donors (Lipinski definition) is 1. The lowest BCUT2D eigenvalue weighted by Gasteiger charge is -2.16. The van der Waals surface area contributed by atoms with E-state index in [1.807, 2.05) is 42.5 Å². The lowest BCUT2D eigenvalue weighted by molar-refractivity contribution is -0.129. The number of carbonyl (C=O) groups excluding carboxylic acids is 2. The summed E-state index contributed by atoms with van der Waals surface area (Å²) in [5, 5.41) is 2.87. The minimum absolute atomic E-state index is 0.0384. The summed E-state index contributed by atoms with van der Waals surface area (Å²) in [7, 11) is 1.64. The highest BCUT2D eigenvalue weighted by Crippen LogP contribution is 2.19. The molecule has 1 aliphatic heterocycles. The van der Waals surface area contributed by atoms with Crippen molar-refractivity contribution in [3.05, 3.63) is 59.9 Å². The highest BCUT2D eigenvalue weighted by molar-refractivity contribution is 5.89. The van der Waals surface area contributed by atoms with Crippen LogP contribution >= 0.6 is 0 Å². The number of ether oxygens (including phenoxy) is 1. The molecule has 26 heavy (non-hydrogen) atoms. The van der Waals surface area contributed by atoms with Gasteiger partial charge in [-0.15, -0.1) is 0 Å². The van der Waals surface area contributed by atoms with Crippen LogP contribution in [-0.2, 0) is 22.6 Å². The van der Waals surface area contributed by atoms with E-state index in [2.05, 4.69) is 10.3 Å². The summed E-state index contributed by atoms with van der Waals surface area (Å²) >= 11 is 0. The summed E-state index contributed by atoms with van der Waals surface area (Å²) < 4.78 is 5.15. The maximum absolute atomic E-state index is 12.3. The molecule has 1 aliphatic rings. The van der Waals surface area contributed by atoms with Crippen molar-refractivity contribution < 1.29 is 14.3 Å². The van der Waals surface area contributed by atoms with Crippen molar-refractivity contribution in [1.29, 1.82) is 0 Å². The van der Waals surface area contributed by atoms with Gasteiger partial charge in [-0.2, -0.15) is 0 Å². The van der Waals surface area contributed by atoms with E-state index in [-0.39, 0.29) is 24.2 Å². The Morgan fingerprint density at radius 1 is 1.27 bits per heavy atom. The van der Waals surface area contributed by atoms with Gasteiger partial charge in [-0.25, -0.2) is 0 Å². The number of amides is 2. The van der Waals surface area contributed by atoms with Crippen molar-refractivity contribution in [2.45, 2.75) is 19.4 Å². The fourth-order valence-electron chi connectivity index (χ4n) is 3.04. The van der Waals surface area contributed by atoms with Crippen LogP contribution in [0.3, 0.4) is 0 Å². The SMILES string of the molecule is COc1ccc(CCN2CC(C(=O)NCc3ccccn3)CC2=O)cc1. The van der Waals surface area contributed by atoms with Gasteiger partial charge in [-0.1, -0.05) is 18.2 Å². The molecule has 6 heteroatoms. The lowest BCUT2D eigenvalue weighted by Crippen LogP contribution is -2.33. The van der Waals surface area contributed by atoms with E-state index in [1.165, 1.54) is 0 Å². The first-order valence-corrected chi connectivity index (χ1v) is 8.74. The van der Waals surface area contributed by atoms with Gasteiger partial charge < -0.3 is 15.0 Å². The third-order valence-corrected chi connectivity index (χ3v) is 4.58. The summed E-state index contributed by atoms with van der Waals surface area (Å²) in [5.74, 6) is 0.477. The van der Waals surface area contributed by atoms with E-state index < -0.39 is 0 Å². The molecule has 136 valence electrons. The van der Waals surface area contributed by atoms with Gasteiger partial charge in [0.25, 0.3) is 0 Å². The number of rotatable bonds is 7. The second-order valence-electron chi connectivity index (χ2n) is 6.38. The number of carbonyl (C=O) groups is 2. The van der Waals surface area contributed by atoms with Crippen LogP contribution in [0.15, 0.2) is 48.7 Å². The minimum atomic E-state index is -0.290. The Bertz CT molecular complexity index is 747. The molecule has 0 bridgehead atoms. The van der Waals surface area contributed by atoms with E-state index in [0.717, 1.165) is 23.4 Å². The summed E-state index contributed by atoms with van der Waals surface area (Å²) in [6.07, 6.45) is 2.73. The van der Waals surface area contributed by atoms with Crippen LogP contribution in [0.1, 0.15) is 17.7 Å². The first kappa shape index (κ1) is 17.9. The molecule has 1 atom stereocenters. The Hall–Kier alpha value is -2.89. The van der Waals surface area contributed by atoms with Crippen LogP contribution in [0.4, 0.5) is 0 Å². The van der Waals surface area contributed by atoms with Gasteiger partial charge in [0.05, 0.1) is 25.3 Å². The van der Waals surface area contributed by atoms with Gasteiger partial charge in [0.2, 0.25) is 11.8 Å². The molecule has 0 saturated carbocycles. The van der Waals surface area contributed by atoms with Crippen molar-refractivity contribution in [1.82, 2.24) is 15.2 Å². The quantitative estimate of drug-likeness (QED) is 0.824. The number of benzene rings is 1. The van der Waals surface area contributed by atoms with Crippen LogP contribution < -0.4 is 10.1 Å². The number of nitrogens with zero attached hydrogens (tertiary/aromatic N) is 2. The normalized spacial score (nSPS) is 16.6. The zero-order valence-corrected chi connectivity index (χ0v) is 14.9. The molecule has 1 saturated heterocycles. The summed E-state index contributed by atoms with van der Waals surface area (Å²) in [4.78, 5) is 30.5. The Morgan fingerprint density at radius 2 is 2.08 bits per heavy atom. The summed E-state index contributed by atoms with van der Waals surface area (Å²) in [5.41, 5.74) is 1.95. The number of nitrogens with one attached hydrogen (secondary N) is 1. The Morgan fingerprint density at radius 3 is 2.77 bits per heavy atom. The largest absolute Gasteiger partial charge is 0.497 e. The van der Waals surface area contributed by atoms with Crippen LogP contribution in [0.25, 0.3) is 0 Å². The molecule has 0 spiro atoms. The molecule has 3 rings (SSSR count). The number of aromatic nitrogens is 1. The monoisotopic (exact) mass is 353 g/mol. The highest BCUT2D eigenvalue weighted by Gasteiger charge is 2.33. The van der Waals surface area contributed by atoms with E-state index in [1.54, 1.807) is 18.2 Å². The predicted molar refractivity (Wildman–Crippen MR) is 97.5 cm³/mol. The van der Waals surface area contributed by atoms with Gasteiger partial charge in [-0.05, 0) is 36.2 Å². The zero-order chi connectivity index (χ0) is 18.4. The lowest BCUT2D eigenvalue weighted by atomic mass is 10.1. The van der Waals surface area contributed by atoms with E-state index in [9.17, 15) is 9.59 Å². The van der Waals surface area contributed by atoms with Crippen LogP contribution in [0, 0.1) is 5.92 Å². The van der Waals surface area contributed by atoms with E-state index in [4.69, 9.17) is 4.74 Å². The van der Waals surface area contributed by atoms with Crippen molar-refractivity contribution in [2.75, 3.05) is 20.2 Å². The molecule has 0 radical (unpaired) electrons. The van der Waals surface area contributed by atoms with Crippen molar-refractivity contribution in [3.8, 4) is 5.75 Å². The fraction of sp³-hybridized carbons (Fsp3) is 0.350. The van der Waals surface area contributed by atoms with Gasteiger partial charge in [0, 0.05) is 25.7 Å². The third kappa shape index (κ3) is 4.59. The maximum Gasteiger partial charge on any atom is 0.225 e. The standard InChI is InChI=1S/C20H23N3O3/c1-26-18-7-5-15(6-8-18)9-11-23-14-16(12-19(23)24)20(25)22-13-17-4-2-3-10-21-17/h2-8,10,16H,9,11-14H2,1H3,(H,22,25). The highest BCUT2D eigenvalue weighted by atomic mass is 16.5. The van der Waals surface area contributed by atoms with Gasteiger partial charge in [0.1, 0.15) is 5.75 Å². The zero-order valence-electron chi connectivity index (χ0n) is 14.9. The summed E-state index contributed by atoms with van der Waals surface area (Å²) in [6, 6.07) is 13.4. The molecule has 2 amide bonds. The minimum Gasteiger partial charge on any atom is -0.497 e. The average Bonchev–Trinajstić information content (AvgIpc) is 3.06. The van der Waals surface area contributed by atoms with Gasteiger partial charge in [0.15, 0.2) is 0 Å². The Labute approximate surface area is 153 Å². The van der Waals surface area contributed by atoms with Crippen molar-refractivity contribution in [2.24, 2.45) is 5.92 Å². The Balaban J connectivity index is 1.47. The van der Waals surface area contributed by atoms with Gasteiger partial charge >= 0.3 is 0 Å². The molecule has 0 aliphatic carbocycles. The van der Waals surface area contributed by atoms with E-state index >= 15 is 0 Å². The molecule has 1 fully saturated rings. The molecule has 1 aromatic carbocycles. The van der Waals surface area contributed by atoms with Crippen molar-refractivity contribution >= 4 is 11.8 Å².